The summed E-state index contributed by atoms with van der Waals surface area (Å²) >= 11 is 0. The van der Waals surface area contributed by atoms with Crippen molar-refractivity contribution in [1.82, 2.24) is 9.62 Å². The van der Waals surface area contributed by atoms with Gasteiger partial charge < -0.3 is 15.4 Å². The first-order chi connectivity index (χ1) is 15.2. The summed E-state index contributed by atoms with van der Waals surface area (Å²) in [7, 11) is -3.64. The van der Waals surface area contributed by atoms with Gasteiger partial charge in [0.15, 0.2) is 6.61 Å². The summed E-state index contributed by atoms with van der Waals surface area (Å²) in [5.74, 6) is -2.52. The molecule has 0 saturated heterocycles. The number of hydrogen-bond acceptors (Lipinski definition) is 6. The van der Waals surface area contributed by atoms with Crippen LogP contribution in [0.5, 0.6) is 0 Å². The Bertz CT molecular complexity index is 1050. The van der Waals surface area contributed by atoms with E-state index in [-0.39, 0.29) is 10.5 Å². The number of hydrogen-bond donors (Lipinski definition) is 2. The van der Waals surface area contributed by atoms with E-state index in [1.165, 1.54) is 52.8 Å². The standard InChI is InChI=1S/C21H24FN3O6S/c1-3-25(4-2)32(29,30)18-11-5-15(6-12-18)21(28)23-13-20(27)31-14-19(26)24-17-9-7-16(22)8-10-17/h5-12H,3-4,13-14H2,1-2H3,(H,23,28)(H,24,26). The fourth-order valence-corrected chi connectivity index (χ4v) is 4.13. The smallest absolute Gasteiger partial charge is 0.325 e. The zero-order valence-electron chi connectivity index (χ0n) is 17.6. The first kappa shape index (κ1) is 25.0. The van der Waals surface area contributed by atoms with Crippen molar-refractivity contribution >= 4 is 33.5 Å². The maximum atomic E-state index is 12.8. The largest absolute Gasteiger partial charge is 0.454 e. The molecule has 0 aliphatic rings. The first-order valence-corrected chi connectivity index (χ1v) is 11.2. The molecule has 0 bridgehead atoms. The lowest BCUT2D eigenvalue weighted by atomic mass is 10.2. The molecular weight excluding hydrogens is 441 g/mol. The molecule has 2 N–H and O–H groups in total. The lowest BCUT2D eigenvalue weighted by Gasteiger charge is -2.18. The summed E-state index contributed by atoms with van der Waals surface area (Å²) in [4.78, 5) is 35.7. The normalized spacial score (nSPS) is 11.1. The van der Waals surface area contributed by atoms with Crippen LogP contribution < -0.4 is 10.6 Å². The monoisotopic (exact) mass is 465 g/mol. The predicted molar refractivity (Wildman–Crippen MR) is 115 cm³/mol. The average Bonchev–Trinajstić information content (AvgIpc) is 2.78. The molecular formula is C21H24FN3O6S. The minimum Gasteiger partial charge on any atom is -0.454 e. The molecule has 0 aromatic heterocycles. The van der Waals surface area contributed by atoms with Crippen molar-refractivity contribution in [3.05, 3.63) is 59.9 Å². The van der Waals surface area contributed by atoms with Crippen molar-refractivity contribution in [2.45, 2.75) is 18.7 Å². The van der Waals surface area contributed by atoms with E-state index >= 15 is 0 Å². The Labute approximate surface area is 185 Å². The van der Waals surface area contributed by atoms with Gasteiger partial charge in [-0.1, -0.05) is 13.8 Å². The third-order valence-electron chi connectivity index (χ3n) is 4.35. The Morgan fingerprint density at radius 3 is 2.12 bits per heavy atom. The number of nitrogens with zero attached hydrogens (tertiary/aromatic N) is 1. The maximum Gasteiger partial charge on any atom is 0.325 e. The minimum atomic E-state index is -3.64. The number of carbonyl (C=O) groups excluding carboxylic acids is 3. The number of nitrogens with one attached hydrogen (secondary N) is 2. The summed E-state index contributed by atoms with van der Waals surface area (Å²) in [6.07, 6.45) is 0. The Kier molecular flexibility index (Phi) is 8.85. The van der Waals surface area contributed by atoms with Crippen LogP contribution in [0.3, 0.4) is 0 Å². The molecule has 0 unspecified atom stereocenters. The first-order valence-electron chi connectivity index (χ1n) is 9.76. The molecule has 9 nitrogen and oxygen atoms in total. The summed E-state index contributed by atoms with van der Waals surface area (Å²) < 4.78 is 43.8. The van der Waals surface area contributed by atoms with E-state index in [2.05, 4.69) is 10.6 Å². The number of carbonyl (C=O) groups is 3. The van der Waals surface area contributed by atoms with E-state index in [1.54, 1.807) is 13.8 Å². The highest BCUT2D eigenvalue weighted by atomic mass is 32.2. The average molecular weight is 466 g/mol. The van der Waals surface area contributed by atoms with E-state index < -0.39 is 46.8 Å². The second-order valence-corrected chi connectivity index (χ2v) is 8.45. The Morgan fingerprint density at radius 1 is 0.969 bits per heavy atom. The summed E-state index contributed by atoms with van der Waals surface area (Å²) in [5, 5.41) is 4.76. The van der Waals surface area contributed by atoms with Crippen LogP contribution in [-0.2, 0) is 24.3 Å². The van der Waals surface area contributed by atoms with E-state index in [4.69, 9.17) is 4.74 Å². The minimum absolute atomic E-state index is 0.0596. The number of rotatable bonds is 10. The van der Waals surface area contributed by atoms with Gasteiger partial charge in [-0.2, -0.15) is 4.31 Å². The highest BCUT2D eigenvalue weighted by Gasteiger charge is 2.21. The number of halogens is 1. The van der Waals surface area contributed by atoms with Gasteiger partial charge in [0.05, 0.1) is 4.90 Å². The topological polar surface area (TPSA) is 122 Å². The van der Waals surface area contributed by atoms with Crippen LogP contribution in [0.25, 0.3) is 0 Å². The SMILES string of the molecule is CCN(CC)S(=O)(=O)c1ccc(C(=O)NCC(=O)OCC(=O)Nc2ccc(F)cc2)cc1. The van der Waals surface area contributed by atoms with Gasteiger partial charge in [-0.25, -0.2) is 12.8 Å². The molecule has 0 atom stereocenters. The van der Waals surface area contributed by atoms with Crippen LogP contribution in [-0.4, -0.2) is 56.7 Å². The van der Waals surface area contributed by atoms with Crippen molar-refractivity contribution in [3.8, 4) is 0 Å². The van der Waals surface area contributed by atoms with Gasteiger partial charge in [0.25, 0.3) is 11.8 Å². The van der Waals surface area contributed by atoms with E-state index in [1.807, 2.05) is 0 Å². The predicted octanol–water partition coefficient (Wildman–Crippen LogP) is 1.77. The van der Waals surface area contributed by atoms with Crippen molar-refractivity contribution < 1.29 is 31.9 Å². The van der Waals surface area contributed by atoms with Gasteiger partial charge in [0, 0.05) is 24.3 Å². The highest BCUT2D eigenvalue weighted by Crippen LogP contribution is 2.16. The number of benzene rings is 2. The summed E-state index contributed by atoms with van der Waals surface area (Å²) in [6, 6.07) is 10.4. The zero-order chi connectivity index (χ0) is 23.7. The van der Waals surface area contributed by atoms with Gasteiger partial charge in [0.1, 0.15) is 12.4 Å². The van der Waals surface area contributed by atoms with Gasteiger partial charge in [-0.3, -0.25) is 14.4 Å². The summed E-state index contributed by atoms with van der Waals surface area (Å²) in [5.41, 5.74) is 0.498. The van der Waals surface area contributed by atoms with E-state index in [9.17, 15) is 27.2 Å². The molecule has 11 heteroatoms. The van der Waals surface area contributed by atoms with Crippen LogP contribution in [0.4, 0.5) is 10.1 Å². The molecule has 0 spiro atoms. The van der Waals surface area contributed by atoms with Crippen LogP contribution in [0, 0.1) is 5.82 Å². The molecule has 0 radical (unpaired) electrons. The van der Waals surface area contributed by atoms with Crippen molar-refractivity contribution in [2.24, 2.45) is 0 Å². The third-order valence-corrected chi connectivity index (χ3v) is 6.41. The number of amides is 2. The van der Waals surface area contributed by atoms with Crippen molar-refractivity contribution in [2.75, 3.05) is 31.6 Å². The van der Waals surface area contributed by atoms with Gasteiger partial charge in [0.2, 0.25) is 10.0 Å². The molecule has 0 aliphatic heterocycles. The fourth-order valence-electron chi connectivity index (χ4n) is 2.67. The molecule has 2 amide bonds. The van der Waals surface area contributed by atoms with E-state index in [0.29, 0.717) is 18.8 Å². The molecule has 0 heterocycles. The molecule has 2 rings (SSSR count). The van der Waals surface area contributed by atoms with Crippen LogP contribution >= 0.6 is 0 Å². The van der Waals surface area contributed by atoms with Gasteiger partial charge >= 0.3 is 5.97 Å². The molecule has 0 fully saturated rings. The highest BCUT2D eigenvalue weighted by molar-refractivity contribution is 7.89. The lowest BCUT2D eigenvalue weighted by molar-refractivity contribution is -0.146. The Hall–Kier alpha value is -3.31. The molecule has 2 aromatic rings. The lowest BCUT2D eigenvalue weighted by Crippen LogP contribution is -2.32. The number of ether oxygens (including phenoxy) is 1. The third kappa shape index (κ3) is 6.86. The van der Waals surface area contributed by atoms with Gasteiger partial charge in [-0.05, 0) is 48.5 Å². The molecule has 172 valence electrons. The fraction of sp³-hybridized carbons (Fsp3) is 0.286. The molecule has 0 saturated carbocycles. The van der Waals surface area contributed by atoms with Crippen LogP contribution in [0.15, 0.2) is 53.4 Å². The Balaban J connectivity index is 1.82. The van der Waals surface area contributed by atoms with E-state index in [0.717, 1.165) is 0 Å². The number of sulfonamides is 1. The van der Waals surface area contributed by atoms with Crippen LogP contribution in [0.1, 0.15) is 24.2 Å². The second kappa shape index (κ2) is 11.3. The van der Waals surface area contributed by atoms with Crippen LogP contribution in [0.2, 0.25) is 0 Å². The molecule has 0 aliphatic carbocycles. The number of anilines is 1. The second-order valence-electron chi connectivity index (χ2n) is 6.51. The molecule has 32 heavy (non-hydrogen) atoms. The van der Waals surface area contributed by atoms with Crippen molar-refractivity contribution in [1.29, 1.82) is 0 Å². The Morgan fingerprint density at radius 2 is 1.56 bits per heavy atom. The number of esters is 1. The molecule has 2 aromatic carbocycles. The maximum absolute atomic E-state index is 12.8. The van der Waals surface area contributed by atoms with Gasteiger partial charge in [-0.15, -0.1) is 0 Å². The van der Waals surface area contributed by atoms with Crippen molar-refractivity contribution in [3.63, 3.8) is 0 Å². The quantitative estimate of drug-likeness (QED) is 0.516. The summed E-state index contributed by atoms with van der Waals surface area (Å²) in [6.45, 7) is 3.05. The zero-order valence-corrected chi connectivity index (χ0v) is 18.4.